The summed E-state index contributed by atoms with van der Waals surface area (Å²) in [5.41, 5.74) is 0.864. The van der Waals surface area contributed by atoms with Crippen LogP contribution in [0.25, 0.3) is 0 Å². The average molecular weight is 443 g/mol. The molecule has 0 saturated carbocycles. The molecule has 1 aromatic rings. The van der Waals surface area contributed by atoms with Gasteiger partial charge in [-0.3, -0.25) is 14.4 Å². The maximum absolute atomic E-state index is 11.7. The van der Waals surface area contributed by atoms with Crippen molar-refractivity contribution in [3.63, 3.8) is 0 Å². The number of esters is 3. The minimum Gasteiger partial charge on any atom is -0.463 e. The van der Waals surface area contributed by atoms with Gasteiger partial charge in [-0.1, -0.05) is 35.0 Å². The molecule has 0 amide bonds. The highest BCUT2D eigenvalue weighted by Crippen LogP contribution is 2.40. The van der Waals surface area contributed by atoms with Gasteiger partial charge in [-0.25, -0.2) is 0 Å². The number of ether oxygens (including phenoxy) is 4. The maximum Gasteiger partial charge on any atom is 0.303 e. The smallest absolute Gasteiger partial charge is 0.303 e. The van der Waals surface area contributed by atoms with Crippen LogP contribution in [-0.2, 0) is 33.3 Å². The number of rotatable bonds is 5. The van der Waals surface area contributed by atoms with Crippen LogP contribution < -0.4 is 0 Å². The van der Waals surface area contributed by atoms with Crippen LogP contribution in [0, 0.1) is 5.92 Å². The van der Waals surface area contributed by atoms with E-state index in [1.54, 1.807) is 0 Å². The lowest BCUT2D eigenvalue weighted by Gasteiger charge is -2.44. The van der Waals surface area contributed by atoms with Crippen LogP contribution in [0.15, 0.2) is 28.7 Å². The lowest BCUT2D eigenvalue weighted by atomic mass is 9.84. The van der Waals surface area contributed by atoms with E-state index in [-0.39, 0.29) is 12.5 Å². The van der Waals surface area contributed by atoms with Gasteiger partial charge in [-0.2, -0.15) is 0 Å². The Morgan fingerprint density at radius 2 is 1.67 bits per heavy atom. The van der Waals surface area contributed by atoms with Crippen LogP contribution in [0.4, 0.5) is 0 Å². The minimum atomic E-state index is -0.885. The highest BCUT2D eigenvalue weighted by molar-refractivity contribution is 9.10. The predicted molar refractivity (Wildman–Crippen MR) is 98.7 cm³/mol. The Labute approximate surface area is 166 Å². The topological polar surface area (TPSA) is 88.1 Å². The van der Waals surface area contributed by atoms with Crippen LogP contribution in [0.1, 0.15) is 39.4 Å². The van der Waals surface area contributed by atoms with E-state index < -0.39 is 42.3 Å². The van der Waals surface area contributed by atoms with Crippen molar-refractivity contribution in [1.29, 1.82) is 0 Å². The molecule has 0 aliphatic carbocycles. The molecule has 0 bridgehead atoms. The highest BCUT2D eigenvalue weighted by atomic mass is 79.9. The van der Waals surface area contributed by atoms with Crippen LogP contribution >= 0.6 is 15.9 Å². The van der Waals surface area contributed by atoms with Crippen molar-refractivity contribution in [2.24, 2.45) is 5.92 Å². The second kappa shape index (κ2) is 9.32. The van der Waals surface area contributed by atoms with Crippen LogP contribution in [0.5, 0.6) is 0 Å². The molecular weight excluding hydrogens is 420 g/mol. The Morgan fingerprint density at radius 3 is 2.22 bits per heavy atom. The summed E-state index contributed by atoms with van der Waals surface area (Å²) in [5.74, 6) is -1.82. The first-order chi connectivity index (χ1) is 12.7. The molecule has 1 saturated heterocycles. The zero-order valence-electron chi connectivity index (χ0n) is 15.6. The maximum atomic E-state index is 11.7. The summed E-state index contributed by atoms with van der Waals surface area (Å²) >= 11 is 3.43. The summed E-state index contributed by atoms with van der Waals surface area (Å²) in [6.45, 7) is 5.57. The third-order valence-corrected chi connectivity index (χ3v) is 4.73. The first kappa shape index (κ1) is 21.4. The lowest BCUT2D eigenvalue weighted by molar-refractivity contribution is -0.232. The van der Waals surface area contributed by atoms with Crippen molar-refractivity contribution in [1.82, 2.24) is 0 Å². The SMILES string of the molecule is CC(=O)OC[C@H]1O[C@H](c2cccc(Br)c2)[C@@H](C)[C@@H](OC(C)=O)[C@@H]1OC(C)=O. The van der Waals surface area contributed by atoms with Crippen molar-refractivity contribution < 1.29 is 33.3 Å². The monoisotopic (exact) mass is 442 g/mol. The fourth-order valence-electron chi connectivity index (χ4n) is 3.17. The fourth-order valence-corrected chi connectivity index (χ4v) is 3.59. The van der Waals surface area contributed by atoms with Crippen molar-refractivity contribution in [3.05, 3.63) is 34.3 Å². The summed E-state index contributed by atoms with van der Waals surface area (Å²) in [6.07, 6.45) is -2.85. The molecule has 0 spiro atoms. The van der Waals surface area contributed by atoms with E-state index in [2.05, 4.69) is 15.9 Å². The molecular formula is C19H23BrO7. The van der Waals surface area contributed by atoms with E-state index >= 15 is 0 Å². The molecule has 1 aromatic carbocycles. The Balaban J connectivity index is 2.39. The largest absolute Gasteiger partial charge is 0.463 e. The summed E-state index contributed by atoms with van der Waals surface area (Å²) in [5, 5.41) is 0. The van der Waals surface area contributed by atoms with Gasteiger partial charge in [0, 0.05) is 31.2 Å². The molecule has 0 N–H and O–H groups in total. The molecule has 2 rings (SSSR count). The number of hydrogen-bond acceptors (Lipinski definition) is 7. The van der Waals surface area contributed by atoms with Gasteiger partial charge in [-0.15, -0.1) is 0 Å². The van der Waals surface area contributed by atoms with Gasteiger partial charge in [0.2, 0.25) is 0 Å². The van der Waals surface area contributed by atoms with E-state index in [1.165, 1.54) is 20.8 Å². The first-order valence-electron chi connectivity index (χ1n) is 8.57. The molecule has 0 aromatic heterocycles. The molecule has 0 radical (unpaired) electrons. The lowest BCUT2D eigenvalue weighted by Crippen LogP contribution is -2.55. The first-order valence-corrected chi connectivity index (χ1v) is 9.37. The number of halogens is 1. The quantitative estimate of drug-likeness (QED) is 0.511. The van der Waals surface area contributed by atoms with E-state index in [4.69, 9.17) is 18.9 Å². The molecule has 27 heavy (non-hydrogen) atoms. The summed E-state index contributed by atoms with van der Waals surface area (Å²) in [6, 6.07) is 7.56. The normalized spacial score (nSPS) is 27.5. The number of benzene rings is 1. The summed E-state index contributed by atoms with van der Waals surface area (Å²) in [4.78, 5) is 34.5. The van der Waals surface area contributed by atoms with Crippen molar-refractivity contribution in [3.8, 4) is 0 Å². The van der Waals surface area contributed by atoms with Gasteiger partial charge < -0.3 is 18.9 Å². The van der Waals surface area contributed by atoms with Gasteiger partial charge in [0.15, 0.2) is 6.10 Å². The van der Waals surface area contributed by atoms with Crippen LogP contribution in [0.2, 0.25) is 0 Å². The van der Waals surface area contributed by atoms with Crippen molar-refractivity contribution in [2.45, 2.75) is 52.1 Å². The highest BCUT2D eigenvalue weighted by Gasteiger charge is 2.48. The molecule has 5 atom stereocenters. The molecule has 1 heterocycles. The third-order valence-electron chi connectivity index (χ3n) is 4.24. The molecule has 7 nitrogen and oxygen atoms in total. The van der Waals surface area contributed by atoms with Crippen molar-refractivity contribution >= 4 is 33.8 Å². The molecule has 0 unspecified atom stereocenters. The number of carbonyl (C=O) groups excluding carboxylic acids is 3. The van der Waals surface area contributed by atoms with Crippen LogP contribution in [0.3, 0.4) is 0 Å². The minimum absolute atomic E-state index is 0.123. The Hall–Kier alpha value is -1.93. The van der Waals surface area contributed by atoms with E-state index in [1.807, 2.05) is 31.2 Å². The second-order valence-electron chi connectivity index (χ2n) is 6.46. The van der Waals surface area contributed by atoms with Gasteiger partial charge in [-0.05, 0) is 17.7 Å². The van der Waals surface area contributed by atoms with E-state index in [9.17, 15) is 14.4 Å². The predicted octanol–water partition coefficient (Wildman–Crippen LogP) is 2.95. The van der Waals surface area contributed by atoms with E-state index in [0.717, 1.165) is 10.0 Å². The van der Waals surface area contributed by atoms with Gasteiger partial charge >= 0.3 is 17.9 Å². The van der Waals surface area contributed by atoms with Gasteiger partial charge in [0.25, 0.3) is 0 Å². The van der Waals surface area contributed by atoms with Gasteiger partial charge in [0.1, 0.15) is 18.8 Å². The molecule has 1 aliphatic rings. The molecule has 1 fully saturated rings. The Bertz CT molecular complexity index is 705. The summed E-state index contributed by atoms with van der Waals surface area (Å²) in [7, 11) is 0. The zero-order valence-corrected chi connectivity index (χ0v) is 17.2. The van der Waals surface area contributed by atoms with E-state index in [0.29, 0.717) is 0 Å². The summed E-state index contributed by atoms with van der Waals surface area (Å²) < 4.78 is 23.0. The molecule has 148 valence electrons. The Morgan fingerprint density at radius 1 is 1.04 bits per heavy atom. The zero-order chi connectivity index (χ0) is 20.1. The molecule has 8 heteroatoms. The number of carbonyl (C=O) groups is 3. The standard InChI is InChI=1S/C19H23BrO7/c1-10-17(14-6-5-7-15(20)8-14)27-16(9-24-11(2)21)19(26-13(4)23)18(10)25-12(3)22/h5-8,10,16-19H,9H2,1-4H3/t10-,16-,17+,18-,19-/m1/s1. The third kappa shape index (κ3) is 5.77. The molecule has 1 aliphatic heterocycles. The second-order valence-corrected chi connectivity index (χ2v) is 7.38. The van der Waals surface area contributed by atoms with Crippen molar-refractivity contribution in [2.75, 3.05) is 6.61 Å². The average Bonchev–Trinajstić information content (AvgIpc) is 2.56. The van der Waals surface area contributed by atoms with Gasteiger partial charge in [0.05, 0.1) is 6.10 Å². The van der Waals surface area contributed by atoms with Crippen LogP contribution in [-0.4, -0.2) is 42.8 Å². The Kier molecular flexibility index (Phi) is 7.38. The fraction of sp³-hybridized carbons (Fsp3) is 0.526. The number of hydrogen-bond donors (Lipinski definition) is 0.